The highest BCUT2D eigenvalue weighted by molar-refractivity contribution is 5.81. The molecule has 0 aromatic heterocycles. The van der Waals surface area contributed by atoms with Crippen LogP contribution in [0, 0.1) is 11.8 Å². The molecule has 0 amide bonds. The third-order valence-corrected chi connectivity index (χ3v) is 4.97. The monoisotopic (exact) mass is 395 g/mol. The number of ether oxygens (including phenoxy) is 1. The molecule has 0 aliphatic heterocycles. The molecule has 5 heteroatoms. The maximum absolute atomic E-state index is 12.4. The van der Waals surface area contributed by atoms with Gasteiger partial charge in [-0.15, -0.1) is 11.8 Å². The van der Waals surface area contributed by atoms with Crippen molar-refractivity contribution < 1.29 is 19.4 Å². The highest BCUT2D eigenvalue weighted by atomic mass is 16.5. The van der Waals surface area contributed by atoms with Crippen LogP contribution in [0.5, 0.6) is 0 Å². The van der Waals surface area contributed by atoms with Crippen LogP contribution in [0.4, 0.5) is 0 Å². The van der Waals surface area contributed by atoms with Crippen LogP contribution in [-0.2, 0) is 14.3 Å². The predicted octanol–water partition coefficient (Wildman–Crippen LogP) is 4.29. The number of aliphatic hydroxyl groups is 1. The Morgan fingerprint density at radius 1 is 1.00 bits per heavy atom. The second-order valence-electron chi connectivity index (χ2n) is 8.12. The molecule has 0 bridgehead atoms. The quantitative estimate of drug-likeness (QED) is 0.245. The van der Waals surface area contributed by atoms with Gasteiger partial charge in [0.25, 0.3) is 0 Å². The molecule has 0 aliphatic carbocycles. The molecule has 0 heterocycles. The molecule has 0 rings (SSSR count). The first-order chi connectivity index (χ1) is 13.2. The van der Waals surface area contributed by atoms with E-state index in [0.29, 0.717) is 32.1 Å². The van der Waals surface area contributed by atoms with E-state index >= 15 is 0 Å². The van der Waals surface area contributed by atoms with Crippen LogP contribution in [-0.4, -0.2) is 34.6 Å². The highest BCUT2D eigenvalue weighted by Crippen LogP contribution is 2.26. The topological polar surface area (TPSA) is 89.6 Å². The Kier molecular flexibility index (Phi) is 13.9. The van der Waals surface area contributed by atoms with Gasteiger partial charge in [0, 0.05) is 19.3 Å². The lowest BCUT2D eigenvalue weighted by atomic mass is 9.84. The maximum Gasteiger partial charge on any atom is 0.327 e. The molecule has 0 saturated carbocycles. The number of Topliss-reactive ketones (excluding diaryl/α,β-unsaturated/α-hetero) is 1. The molecule has 28 heavy (non-hydrogen) atoms. The molecule has 2 atom stereocenters. The number of nitrogens with two attached hydrogens (primary N) is 1. The van der Waals surface area contributed by atoms with Crippen molar-refractivity contribution in [2.75, 3.05) is 6.61 Å². The third-order valence-electron chi connectivity index (χ3n) is 4.97. The van der Waals surface area contributed by atoms with Crippen molar-refractivity contribution in [2.45, 2.75) is 116 Å². The van der Waals surface area contributed by atoms with Gasteiger partial charge in [0.1, 0.15) is 11.3 Å². The summed E-state index contributed by atoms with van der Waals surface area (Å²) in [7, 11) is 0. The smallest absolute Gasteiger partial charge is 0.327 e. The van der Waals surface area contributed by atoms with E-state index in [1.165, 1.54) is 6.42 Å². The molecule has 0 spiro atoms. The lowest BCUT2D eigenvalue weighted by Gasteiger charge is -2.30. The van der Waals surface area contributed by atoms with E-state index in [-0.39, 0.29) is 18.8 Å². The zero-order chi connectivity index (χ0) is 21.5. The van der Waals surface area contributed by atoms with Gasteiger partial charge in [-0.2, -0.15) is 0 Å². The number of rotatable bonds is 15. The first-order valence-electron chi connectivity index (χ1n) is 10.8. The van der Waals surface area contributed by atoms with E-state index < -0.39 is 17.1 Å². The fraction of sp³-hybridized carbons (Fsp3) is 0.826. The second-order valence-corrected chi connectivity index (χ2v) is 8.12. The van der Waals surface area contributed by atoms with Crippen molar-refractivity contribution >= 4 is 11.8 Å². The molecule has 5 nitrogen and oxygen atoms in total. The minimum atomic E-state index is -1.20. The number of carbonyl (C=O) groups excluding carboxylic acids is 2. The number of hydrogen-bond donors (Lipinski definition) is 2. The minimum absolute atomic E-state index is 0.193. The lowest BCUT2D eigenvalue weighted by molar-refractivity contribution is -0.150. The third kappa shape index (κ3) is 12.9. The zero-order valence-corrected chi connectivity index (χ0v) is 18.4. The van der Waals surface area contributed by atoms with Crippen LogP contribution in [0.3, 0.4) is 0 Å². The molecule has 0 aromatic carbocycles. The largest absolute Gasteiger partial charge is 0.465 e. The van der Waals surface area contributed by atoms with Crippen LogP contribution >= 0.6 is 0 Å². The van der Waals surface area contributed by atoms with Gasteiger partial charge in [0.05, 0.1) is 12.2 Å². The summed E-state index contributed by atoms with van der Waals surface area (Å²) >= 11 is 0. The van der Waals surface area contributed by atoms with Gasteiger partial charge >= 0.3 is 5.97 Å². The van der Waals surface area contributed by atoms with E-state index in [1.807, 2.05) is 6.92 Å². The first-order valence-corrected chi connectivity index (χ1v) is 10.8. The second kappa shape index (κ2) is 14.6. The summed E-state index contributed by atoms with van der Waals surface area (Å²) in [5, 5.41) is 10.6. The van der Waals surface area contributed by atoms with Crippen molar-refractivity contribution in [3.05, 3.63) is 0 Å². The summed E-state index contributed by atoms with van der Waals surface area (Å²) in [6.45, 7) is 7.58. The van der Waals surface area contributed by atoms with Gasteiger partial charge in [0.15, 0.2) is 0 Å². The van der Waals surface area contributed by atoms with Crippen LogP contribution in [0.25, 0.3) is 0 Å². The minimum Gasteiger partial charge on any atom is -0.465 e. The van der Waals surface area contributed by atoms with Gasteiger partial charge in [0.2, 0.25) is 0 Å². The maximum atomic E-state index is 12.4. The van der Waals surface area contributed by atoms with E-state index in [9.17, 15) is 14.7 Å². The number of hydrogen-bond acceptors (Lipinski definition) is 5. The van der Waals surface area contributed by atoms with Crippen molar-refractivity contribution in [3.63, 3.8) is 0 Å². The number of ketones is 1. The molecule has 0 fully saturated rings. The zero-order valence-electron chi connectivity index (χ0n) is 18.4. The summed E-state index contributed by atoms with van der Waals surface area (Å²) < 4.78 is 5.16. The summed E-state index contributed by atoms with van der Waals surface area (Å²) in [5.41, 5.74) is 4.32. The van der Waals surface area contributed by atoms with Gasteiger partial charge in [-0.25, -0.2) is 0 Å². The average Bonchev–Trinajstić information content (AvgIpc) is 2.63. The lowest BCUT2D eigenvalue weighted by Crippen LogP contribution is -2.50. The average molecular weight is 396 g/mol. The normalized spacial score (nSPS) is 15.1. The van der Waals surface area contributed by atoms with E-state index in [1.54, 1.807) is 13.8 Å². The van der Waals surface area contributed by atoms with Crippen molar-refractivity contribution in [3.8, 4) is 11.8 Å². The van der Waals surface area contributed by atoms with Crippen molar-refractivity contribution in [2.24, 2.45) is 5.73 Å². The summed E-state index contributed by atoms with van der Waals surface area (Å²) in [5.74, 6) is 5.79. The Morgan fingerprint density at radius 2 is 1.71 bits per heavy atom. The van der Waals surface area contributed by atoms with Gasteiger partial charge in [-0.1, -0.05) is 32.6 Å². The van der Waals surface area contributed by atoms with Crippen molar-refractivity contribution in [1.29, 1.82) is 0 Å². The molecule has 2 unspecified atom stereocenters. The molecular formula is C23H41NO4. The molecular weight excluding hydrogens is 354 g/mol. The van der Waals surface area contributed by atoms with Gasteiger partial charge < -0.3 is 20.4 Å². The SMILES string of the molecule is CCCCCCC(C)(O)CCC(N)(CC#CCCCCC(C)=O)C(=O)OCC. The number of esters is 1. The Balaban J connectivity index is 4.66. The van der Waals surface area contributed by atoms with E-state index in [4.69, 9.17) is 10.5 Å². The van der Waals surface area contributed by atoms with E-state index in [2.05, 4.69) is 18.8 Å². The summed E-state index contributed by atoms with van der Waals surface area (Å²) in [4.78, 5) is 23.3. The van der Waals surface area contributed by atoms with Crippen LogP contribution in [0.15, 0.2) is 0 Å². The standard InChI is InChI=1S/C23H41NO4/c1-5-7-8-13-16-22(4,27)18-19-23(24,21(26)28-6-2)17-14-11-9-10-12-15-20(3)25/h27H,5-10,12-13,15-19,24H2,1-4H3. The Bertz CT molecular complexity index is 518. The van der Waals surface area contributed by atoms with Gasteiger partial charge in [-0.3, -0.25) is 4.79 Å². The fourth-order valence-electron chi connectivity index (χ4n) is 2.98. The van der Waals surface area contributed by atoms with E-state index in [0.717, 1.165) is 32.1 Å². The number of unbranched alkanes of at least 4 members (excludes halogenated alkanes) is 5. The van der Waals surface area contributed by atoms with Crippen LogP contribution in [0.1, 0.15) is 105 Å². The molecule has 3 N–H and O–H groups in total. The summed E-state index contributed by atoms with van der Waals surface area (Å²) in [6, 6.07) is 0. The summed E-state index contributed by atoms with van der Waals surface area (Å²) in [6.07, 6.45) is 9.04. The highest BCUT2D eigenvalue weighted by Gasteiger charge is 2.37. The molecule has 0 aliphatic rings. The van der Waals surface area contributed by atoms with Crippen LogP contribution in [0.2, 0.25) is 0 Å². The van der Waals surface area contributed by atoms with Gasteiger partial charge in [-0.05, 0) is 52.9 Å². The Morgan fingerprint density at radius 3 is 2.32 bits per heavy atom. The van der Waals surface area contributed by atoms with Crippen LogP contribution < -0.4 is 5.73 Å². The van der Waals surface area contributed by atoms with Crippen molar-refractivity contribution in [1.82, 2.24) is 0 Å². The number of carbonyl (C=O) groups is 2. The Hall–Kier alpha value is -1.38. The Labute approximate surface area is 171 Å². The molecule has 162 valence electrons. The first kappa shape index (κ1) is 26.6. The predicted molar refractivity (Wildman–Crippen MR) is 114 cm³/mol. The molecule has 0 aromatic rings. The fourth-order valence-corrected chi connectivity index (χ4v) is 2.98. The molecule has 0 radical (unpaired) electrons. The molecule has 0 saturated heterocycles.